The lowest BCUT2D eigenvalue weighted by molar-refractivity contribution is -0.129. The molecule has 1 amide bonds. The number of aromatic amines is 1. The predicted molar refractivity (Wildman–Crippen MR) is 99.0 cm³/mol. The maximum absolute atomic E-state index is 12.6. The Balaban J connectivity index is 1.38. The summed E-state index contributed by atoms with van der Waals surface area (Å²) >= 11 is 1.38. The molecule has 0 radical (unpaired) electrons. The van der Waals surface area contributed by atoms with Gasteiger partial charge in [0.05, 0.1) is 11.7 Å². The summed E-state index contributed by atoms with van der Waals surface area (Å²) in [5, 5.41) is 7.62. The number of amides is 1. The van der Waals surface area contributed by atoms with E-state index in [1.807, 2.05) is 36.1 Å². The van der Waals surface area contributed by atoms with Crippen molar-refractivity contribution in [2.75, 3.05) is 18.8 Å². The van der Waals surface area contributed by atoms with Gasteiger partial charge in [0.2, 0.25) is 11.1 Å². The highest BCUT2D eigenvalue weighted by Crippen LogP contribution is 2.29. The zero-order chi connectivity index (χ0) is 17.9. The second-order valence-corrected chi connectivity index (χ2v) is 7.35. The number of nitrogens with zero attached hydrogens (tertiary/aromatic N) is 4. The fourth-order valence-corrected chi connectivity index (χ4v) is 3.91. The van der Waals surface area contributed by atoms with Crippen LogP contribution in [0.2, 0.25) is 0 Å². The second kappa shape index (κ2) is 7.49. The minimum atomic E-state index is 0.110. The third kappa shape index (κ3) is 3.60. The number of likely N-dealkylation sites (tertiary alicyclic amines) is 1. The van der Waals surface area contributed by atoms with Crippen molar-refractivity contribution in [2.24, 2.45) is 0 Å². The van der Waals surface area contributed by atoms with E-state index in [0.29, 0.717) is 17.5 Å². The maximum atomic E-state index is 12.6. The van der Waals surface area contributed by atoms with Gasteiger partial charge in [0.15, 0.2) is 11.5 Å². The lowest BCUT2D eigenvalue weighted by Crippen LogP contribution is -2.40. The fraction of sp³-hybridized carbons (Fsp3) is 0.444. The van der Waals surface area contributed by atoms with Gasteiger partial charge in [0.1, 0.15) is 11.3 Å². The third-order valence-electron chi connectivity index (χ3n) is 4.60. The van der Waals surface area contributed by atoms with Gasteiger partial charge in [-0.05, 0) is 25.0 Å². The maximum Gasteiger partial charge on any atom is 0.233 e. The Morgan fingerprint density at radius 3 is 3.08 bits per heavy atom. The van der Waals surface area contributed by atoms with E-state index in [2.05, 4.69) is 20.2 Å². The largest absolute Gasteiger partial charge is 0.440 e. The van der Waals surface area contributed by atoms with Gasteiger partial charge in [-0.25, -0.2) is 9.97 Å². The molecule has 136 valence electrons. The number of benzene rings is 1. The number of carbonyl (C=O) groups excluding carboxylic acids is 1. The highest BCUT2D eigenvalue weighted by atomic mass is 32.2. The van der Waals surface area contributed by atoms with Gasteiger partial charge in [-0.1, -0.05) is 30.8 Å². The van der Waals surface area contributed by atoms with Gasteiger partial charge in [0, 0.05) is 19.5 Å². The van der Waals surface area contributed by atoms with E-state index in [4.69, 9.17) is 4.42 Å². The molecular weight excluding hydrogens is 350 g/mol. The van der Waals surface area contributed by atoms with Crippen molar-refractivity contribution in [3.05, 3.63) is 36.0 Å². The van der Waals surface area contributed by atoms with Crippen molar-refractivity contribution in [3.63, 3.8) is 0 Å². The zero-order valence-electron chi connectivity index (χ0n) is 14.6. The number of oxazole rings is 1. The number of carbonyl (C=O) groups is 1. The van der Waals surface area contributed by atoms with Gasteiger partial charge in [-0.2, -0.15) is 0 Å². The summed E-state index contributed by atoms with van der Waals surface area (Å²) in [5.41, 5.74) is 1.68. The van der Waals surface area contributed by atoms with Crippen LogP contribution in [0, 0.1) is 0 Å². The van der Waals surface area contributed by atoms with Crippen LogP contribution in [-0.4, -0.2) is 49.8 Å². The fourth-order valence-electron chi connectivity index (χ4n) is 3.19. The van der Waals surface area contributed by atoms with E-state index in [1.165, 1.54) is 11.8 Å². The molecule has 3 heterocycles. The predicted octanol–water partition coefficient (Wildman–Crippen LogP) is 3.01. The van der Waals surface area contributed by atoms with Crippen molar-refractivity contribution >= 4 is 28.8 Å². The molecule has 0 unspecified atom stereocenters. The number of aryl methyl sites for hydroxylation is 1. The first-order valence-electron chi connectivity index (χ1n) is 8.90. The average molecular weight is 371 g/mol. The van der Waals surface area contributed by atoms with Gasteiger partial charge in [-0.3, -0.25) is 9.89 Å². The minimum Gasteiger partial charge on any atom is -0.440 e. The summed E-state index contributed by atoms with van der Waals surface area (Å²) in [6.07, 6.45) is 2.75. The van der Waals surface area contributed by atoms with Gasteiger partial charge < -0.3 is 9.32 Å². The topological polar surface area (TPSA) is 87.9 Å². The van der Waals surface area contributed by atoms with E-state index in [1.54, 1.807) is 0 Å². The van der Waals surface area contributed by atoms with Gasteiger partial charge in [-0.15, -0.1) is 5.10 Å². The number of para-hydroxylation sites is 2. The lowest BCUT2D eigenvalue weighted by Gasteiger charge is -2.31. The Hall–Kier alpha value is -2.35. The number of hydrogen-bond donors (Lipinski definition) is 1. The Bertz CT molecular complexity index is 873. The number of hydrogen-bond acceptors (Lipinski definition) is 6. The first-order chi connectivity index (χ1) is 12.7. The van der Waals surface area contributed by atoms with Crippen molar-refractivity contribution in [2.45, 2.75) is 37.3 Å². The molecule has 2 aromatic heterocycles. The number of aromatic nitrogens is 4. The van der Waals surface area contributed by atoms with Gasteiger partial charge >= 0.3 is 0 Å². The molecule has 0 saturated carbocycles. The molecule has 0 aliphatic carbocycles. The first kappa shape index (κ1) is 17.1. The smallest absolute Gasteiger partial charge is 0.233 e. The zero-order valence-corrected chi connectivity index (χ0v) is 15.5. The van der Waals surface area contributed by atoms with E-state index < -0.39 is 0 Å². The quantitative estimate of drug-likeness (QED) is 0.694. The summed E-state index contributed by atoms with van der Waals surface area (Å²) in [4.78, 5) is 23.4. The Labute approximate surface area is 155 Å². The number of piperidine rings is 1. The van der Waals surface area contributed by atoms with Crippen LogP contribution in [-0.2, 0) is 11.2 Å². The van der Waals surface area contributed by atoms with Crippen LogP contribution < -0.4 is 0 Å². The summed E-state index contributed by atoms with van der Waals surface area (Å²) in [6, 6.07) is 7.77. The Morgan fingerprint density at radius 2 is 2.27 bits per heavy atom. The monoisotopic (exact) mass is 371 g/mol. The molecule has 1 aliphatic rings. The van der Waals surface area contributed by atoms with Crippen LogP contribution in [0.25, 0.3) is 11.1 Å². The van der Waals surface area contributed by atoms with E-state index in [0.717, 1.165) is 48.6 Å². The van der Waals surface area contributed by atoms with E-state index >= 15 is 0 Å². The molecule has 1 aromatic carbocycles. The highest BCUT2D eigenvalue weighted by molar-refractivity contribution is 7.99. The standard InChI is InChI=1S/C18H21N5O2S/c1-2-15-20-18(22-21-15)26-11-16(24)23-9-5-6-12(10-23)17-19-13-7-3-4-8-14(13)25-17/h3-4,7-8,12H,2,5-6,9-11H2,1H3,(H,20,21,22)/t12-/m1/s1. The van der Waals surface area contributed by atoms with Crippen LogP contribution in [0.5, 0.6) is 0 Å². The Kier molecular flexibility index (Phi) is 4.92. The molecule has 4 rings (SSSR count). The minimum absolute atomic E-state index is 0.110. The molecule has 8 heteroatoms. The SMILES string of the molecule is CCc1nc(SCC(=O)N2CCC[C@@H](c3nc4ccccc4o3)C2)n[nH]1. The molecule has 0 bridgehead atoms. The molecular formula is C18H21N5O2S. The van der Waals surface area contributed by atoms with Crippen LogP contribution in [0.15, 0.2) is 33.8 Å². The summed E-state index contributed by atoms with van der Waals surface area (Å²) in [7, 11) is 0. The molecule has 1 N–H and O–H groups in total. The summed E-state index contributed by atoms with van der Waals surface area (Å²) in [6.45, 7) is 3.45. The molecule has 1 atom stereocenters. The Morgan fingerprint density at radius 1 is 1.38 bits per heavy atom. The van der Waals surface area contributed by atoms with Crippen molar-refractivity contribution in [1.29, 1.82) is 0 Å². The van der Waals surface area contributed by atoms with E-state index in [9.17, 15) is 4.79 Å². The average Bonchev–Trinajstić information content (AvgIpc) is 3.32. The number of fused-ring (bicyclic) bond motifs is 1. The van der Waals surface area contributed by atoms with Crippen LogP contribution in [0.1, 0.15) is 37.4 Å². The normalized spacial score (nSPS) is 17.7. The summed E-state index contributed by atoms with van der Waals surface area (Å²) in [5.74, 6) is 2.19. The molecule has 26 heavy (non-hydrogen) atoms. The third-order valence-corrected chi connectivity index (χ3v) is 5.44. The van der Waals surface area contributed by atoms with Crippen molar-refractivity contribution < 1.29 is 9.21 Å². The molecule has 1 fully saturated rings. The van der Waals surface area contributed by atoms with Crippen LogP contribution >= 0.6 is 11.8 Å². The van der Waals surface area contributed by atoms with Crippen LogP contribution in [0.4, 0.5) is 0 Å². The second-order valence-electron chi connectivity index (χ2n) is 6.41. The van der Waals surface area contributed by atoms with Crippen LogP contribution in [0.3, 0.4) is 0 Å². The molecule has 3 aromatic rings. The highest BCUT2D eigenvalue weighted by Gasteiger charge is 2.28. The molecule has 7 nitrogen and oxygen atoms in total. The number of thioether (sulfide) groups is 1. The van der Waals surface area contributed by atoms with Crippen molar-refractivity contribution in [1.82, 2.24) is 25.1 Å². The number of rotatable bonds is 5. The lowest BCUT2D eigenvalue weighted by atomic mass is 9.98. The summed E-state index contributed by atoms with van der Waals surface area (Å²) < 4.78 is 5.90. The van der Waals surface area contributed by atoms with Crippen molar-refractivity contribution in [3.8, 4) is 0 Å². The number of H-pyrrole nitrogens is 1. The molecule has 1 saturated heterocycles. The number of nitrogens with one attached hydrogen (secondary N) is 1. The molecule has 1 aliphatic heterocycles. The van der Waals surface area contributed by atoms with E-state index in [-0.39, 0.29) is 11.8 Å². The first-order valence-corrected chi connectivity index (χ1v) is 9.89. The van der Waals surface area contributed by atoms with Gasteiger partial charge in [0.25, 0.3) is 0 Å². The molecule has 0 spiro atoms.